The molecule has 28 heavy (non-hydrogen) atoms. The molecule has 1 heterocycles. The fourth-order valence-corrected chi connectivity index (χ4v) is 5.21. The highest BCUT2D eigenvalue weighted by atomic mass is 79.9. The van der Waals surface area contributed by atoms with Crippen LogP contribution >= 0.6 is 50.8 Å². The molecular formula is C19H17BrN4OS3. The van der Waals surface area contributed by atoms with Crippen LogP contribution in [0.5, 0.6) is 0 Å². The molecule has 0 fully saturated rings. The van der Waals surface area contributed by atoms with Gasteiger partial charge in [0, 0.05) is 15.8 Å². The molecule has 0 spiro atoms. The molecular weight excluding hydrogens is 476 g/mol. The van der Waals surface area contributed by atoms with Crippen molar-refractivity contribution in [3.63, 3.8) is 0 Å². The smallest absolute Gasteiger partial charge is 0.250 e. The third-order valence-corrected chi connectivity index (χ3v) is 7.48. The minimum absolute atomic E-state index is 0.183. The zero-order valence-electron chi connectivity index (χ0n) is 15.0. The van der Waals surface area contributed by atoms with Crippen LogP contribution in [-0.2, 0) is 10.5 Å². The van der Waals surface area contributed by atoms with Gasteiger partial charge in [-0.05, 0) is 18.6 Å². The van der Waals surface area contributed by atoms with E-state index in [1.807, 2.05) is 24.3 Å². The van der Waals surface area contributed by atoms with E-state index >= 15 is 0 Å². The highest BCUT2D eigenvalue weighted by Gasteiger charge is 2.08. The lowest BCUT2D eigenvalue weighted by Gasteiger charge is -1.99. The van der Waals surface area contributed by atoms with Crippen molar-refractivity contribution in [1.29, 1.82) is 0 Å². The normalized spacial score (nSPS) is 11.1. The standard InChI is InChI=1S/C19H17BrN4OS3/c1-13-6-8-14(9-7-13)11-26-18-23-24-19(28-18)27-12-17(25)22-21-10-15-4-2-3-5-16(15)20/h2-10H,11-12H2,1H3,(H,22,25). The molecule has 1 N–H and O–H groups in total. The summed E-state index contributed by atoms with van der Waals surface area (Å²) < 4.78 is 2.60. The van der Waals surface area contributed by atoms with E-state index in [-0.39, 0.29) is 11.7 Å². The number of carbonyl (C=O) groups is 1. The summed E-state index contributed by atoms with van der Waals surface area (Å²) in [6.07, 6.45) is 1.61. The second-order valence-electron chi connectivity index (χ2n) is 5.71. The van der Waals surface area contributed by atoms with Crippen LogP contribution in [0.1, 0.15) is 16.7 Å². The Morgan fingerprint density at radius 2 is 1.86 bits per heavy atom. The Hall–Kier alpha value is -1.68. The maximum atomic E-state index is 11.9. The Kier molecular flexibility index (Phi) is 8.08. The molecule has 0 unspecified atom stereocenters. The van der Waals surface area contributed by atoms with Gasteiger partial charge in [-0.1, -0.05) is 98.8 Å². The van der Waals surface area contributed by atoms with Gasteiger partial charge in [0.2, 0.25) is 0 Å². The summed E-state index contributed by atoms with van der Waals surface area (Å²) in [5, 5.41) is 12.3. The lowest BCUT2D eigenvalue weighted by molar-refractivity contribution is -0.118. The molecule has 0 saturated heterocycles. The molecule has 0 bridgehead atoms. The van der Waals surface area contributed by atoms with Crippen molar-refractivity contribution in [2.75, 3.05) is 5.75 Å². The van der Waals surface area contributed by atoms with Crippen molar-refractivity contribution in [3.05, 3.63) is 69.7 Å². The van der Waals surface area contributed by atoms with Gasteiger partial charge in [-0.15, -0.1) is 10.2 Å². The van der Waals surface area contributed by atoms with Crippen molar-refractivity contribution in [3.8, 4) is 0 Å². The molecule has 3 aromatic rings. The summed E-state index contributed by atoms with van der Waals surface area (Å²) in [7, 11) is 0. The molecule has 2 aromatic carbocycles. The summed E-state index contributed by atoms with van der Waals surface area (Å²) >= 11 is 7.94. The molecule has 0 saturated carbocycles. The topological polar surface area (TPSA) is 67.2 Å². The predicted octanol–water partition coefficient (Wildman–Crippen LogP) is 5.14. The first-order chi connectivity index (χ1) is 13.6. The van der Waals surface area contributed by atoms with Crippen LogP contribution in [0.4, 0.5) is 0 Å². The number of rotatable bonds is 8. The van der Waals surface area contributed by atoms with Crippen molar-refractivity contribution < 1.29 is 4.79 Å². The molecule has 0 radical (unpaired) electrons. The zero-order valence-corrected chi connectivity index (χ0v) is 19.0. The maximum absolute atomic E-state index is 11.9. The van der Waals surface area contributed by atoms with Gasteiger partial charge in [0.05, 0.1) is 12.0 Å². The fraction of sp³-hybridized carbons (Fsp3) is 0.158. The van der Waals surface area contributed by atoms with Gasteiger partial charge in [0.1, 0.15) is 0 Å². The first kappa shape index (κ1) is 21.0. The number of halogens is 1. The SMILES string of the molecule is Cc1ccc(CSc2nnc(SCC(=O)NN=Cc3ccccc3Br)s2)cc1. The van der Waals surface area contributed by atoms with Crippen LogP contribution in [0.2, 0.25) is 0 Å². The summed E-state index contributed by atoms with van der Waals surface area (Å²) in [6, 6.07) is 16.1. The number of hydrogen-bond donors (Lipinski definition) is 1. The molecule has 0 aliphatic rings. The van der Waals surface area contributed by atoms with Crippen LogP contribution in [0.15, 0.2) is 66.8 Å². The van der Waals surface area contributed by atoms with E-state index in [4.69, 9.17) is 0 Å². The average molecular weight is 493 g/mol. The Morgan fingerprint density at radius 1 is 1.14 bits per heavy atom. The number of amides is 1. The van der Waals surface area contributed by atoms with Gasteiger partial charge in [-0.2, -0.15) is 5.10 Å². The number of hydrogen-bond acceptors (Lipinski definition) is 7. The Labute approximate surface area is 184 Å². The van der Waals surface area contributed by atoms with E-state index in [1.54, 1.807) is 18.0 Å². The molecule has 0 aliphatic carbocycles. The molecule has 1 amide bonds. The van der Waals surface area contributed by atoms with E-state index in [2.05, 4.69) is 67.8 Å². The molecule has 1 aromatic heterocycles. The van der Waals surface area contributed by atoms with Crippen LogP contribution in [-0.4, -0.2) is 28.1 Å². The lowest BCUT2D eigenvalue weighted by Crippen LogP contribution is -2.19. The highest BCUT2D eigenvalue weighted by Crippen LogP contribution is 2.30. The van der Waals surface area contributed by atoms with E-state index in [9.17, 15) is 4.79 Å². The number of nitrogens with one attached hydrogen (secondary N) is 1. The molecule has 0 aliphatic heterocycles. The van der Waals surface area contributed by atoms with Crippen molar-refractivity contribution in [1.82, 2.24) is 15.6 Å². The number of carbonyl (C=O) groups excluding carboxylic acids is 1. The first-order valence-corrected chi connectivity index (χ1v) is 11.9. The Morgan fingerprint density at radius 3 is 2.61 bits per heavy atom. The minimum atomic E-state index is -0.183. The van der Waals surface area contributed by atoms with E-state index < -0.39 is 0 Å². The van der Waals surface area contributed by atoms with Crippen molar-refractivity contribution >= 4 is 62.9 Å². The summed E-state index contributed by atoms with van der Waals surface area (Å²) in [5.41, 5.74) is 5.93. The fourth-order valence-electron chi connectivity index (χ4n) is 2.06. The predicted molar refractivity (Wildman–Crippen MR) is 121 cm³/mol. The molecule has 5 nitrogen and oxygen atoms in total. The second-order valence-corrected chi connectivity index (χ2v) is 9.99. The van der Waals surface area contributed by atoms with E-state index in [0.29, 0.717) is 0 Å². The summed E-state index contributed by atoms with van der Waals surface area (Å²) in [6.45, 7) is 2.08. The van der Waals surface area contributed by atoms with E-state index in [1.165, 1.54) is 34.2 Å². The van der Waals surface area contributed by atoms with Gasteiger partial charge in [-0.25, -0.2) is 5.43 Å². The molecule has 0 atom stereocenters. The van der Waals surface area contributed by atoms with Crippen molar-refractivity contribution in [2.45, 2.75) is 21.4 Å². The monoisotopic (exact) mass is 492 g/mol. The van der Waals surface area contributed by atoms with Gasteiger partial charge in [-0.3, -0.25) is 4.79 Å². The average Bonchev–Trinajstić information content (AvgIpc) is 3.15. The maximum Gasteiger partial charge on any atom is 0.250 e. The zero-order chi connectivity index (χ0) is 19.8. The molecule has 3 rings (SSSR count). The summed E-state index contributed by atoms with van der Waals surface area (Å²) in [5.74, 6) is 0.909. The molecule has 144 valence electrons. The van der Waals surface area contributed by atoms with Gasteiger partial charge in [0.25, 0.3) is 5.91 Å². The van der Waals surface area contributed by atoms with Crippen LogP contribution in [0.3, 0.4) is 0 Å². The Bertz CT molecular complexity index is 960. The van der Waals surface area contributed by atoms with Crippen molar-refractivity contribution in [2.24, 2.45) is 5.10 Å². The number of aromatic nitrogens is 2. The number of hydrazone groups is 1. The van der Waals surface area contributed by atoms with Crippen LogP contribution < -0.4 is 5.43 Å². The third kappa shape index (κ3) is 6.73. The number of benzene rings is 2. The summed E-state index contributed by atoms with van der Waals surface area (Å²) in [4.78, 5) is 11.9. The van der Waals surface area contributed by atoms with E-state index in [0.717, 1.165) is 24.5 Å². The minimum Gasteiger partial charge on any atom is -0.272 e. The largest absolute Gasteiger partial charge is 0.272 e. The highest BCUT2D eigenvalue weighted by molar-refractivity contribution is 9.10. The number of nitrogens with zero attached hydrogens (tertiary/aromatic N) is 3. The Balaban J connectivity index is 1.41. The third-order valence-electron chi connectivity index (χ3n) is 3.50. The first-order valence-electron chi connectivity index (χ1n) is 8.31. The van der Waals surface area contributed by atoms with Crippen LogP contribution in [0, 0.1) is 6.92 Å². The second kappa shape index (κ2) is 10.8. The molecule has 9 heteroatoms. The van der Waals surface area contributed by atoms with Gasteiger partial charge in [0.15, 0.2) is 8.68 Å². The number of aryl methyl sites for hydroxylation is 1. The lowest BCUT2D eigenvalue weighted by atomic mass is 10.2. The van der Waals surface area contributed by atoms with Gasteiger partial charge >= 0.3 is 0 Å². The van der Waals surface area contributed by atoms with Crippen LogP contribution in [0.25, 0.3) is 0 Å². The number of thioether (sulfide) groups is 2. The van der Waals surface area contributed by atoms with Gasteiger partial charge < -0.3 is 0 Å². The quantitative estimate of drug-likeness (QED) is 0.267.